The van der Waals surface area contributed by atoms with Gasteiger partial charge in [-0.05, 0) is 81.6 Å². The highest BCUT2D eigenvalue weighted by Gasteiger charge is 2.64. The smallest absolute Gasteiger partial charge is 0.202 e. The van der Waals surface area contributed by atoms with Gasteiger partial charge in [-0.1, -0.05) is 26.8 Å². The van der Waals surface area contributed by atoms with Gasteiger partial charge in [0, 0.05) is 11.5 Å². The highest BCUT2D eigenvalue weighted by Crippen LogP contribution is 2.53. The van der Waals surface area contributed by atoms with Crippen LogP contribution in [0.2, 0.25) is 0 Å². The molecule has 0 spiro atoms. The third-order valence-corrected chi connectivity index (χ3v) is 8.18. The topological polar surface area (TPSA) is 135 Å². The Kier molecular flexibility index (Phi) is 6.66. The largest absolute Gasteiger partial charge is 0.508 e. The molecule has 4 atom stereocenters. The first-order valence-electron chi connectivity index (χ1n) is 12.8. The maximum atomic E-state index is 13.9. The summed E-state index contributed by atoms with van der Waals surface area (Å²) < 4.78 is 0. The van der Waals surface area contributed by atoms with Crippen LogP contribution < -0.4 is 0 Å². The first kappa shape index (κ1) is 27.1. The molecule has 3 aliphatic rings. The van der Waals surface area contributed by atoms with Crippen molar-refractivity contribution in [3.8, 4) is 5.75 Å². The van der Waals surface area contributed by atoms with E-state index in [0.717, 1.165) is 37.3 Å². The lowest BCUT2D eigenvalue weighted by Gasteiger charge is -2.50. The number of nitrogens with zero attached hydrogens (tertiary/aromatic N) is 1. The number of aliphatic hydroxyl groups excluding tert-OH is 2. The Morgan fingerprint density at radius 2 is 1.78 bits per heavy atom. The molecular formula is C29H37NO7. The van der Waals surface area contributed by atoms with Gasteiger partial charge in [-0.3, -0.25) is 19.3 Å². The summed E-state index contributed by atoms with van der Waals surface area (Å²) in [7, 11) is 3.25. The monoisotopic (exact) mass is 511 g/mol. The zero-order valence-electron chi connectivity index (χ0n) is 22.4. The van der Waals surface area contributed by atoms with E-state index >= 15 is 0 Å². The third-order valence-electron chi connectivity index (χ3n) is 8.18. The van der Waals surface area contributed by atoms with E-state index in [1.54, 1.807) is 19.0 Å². The van der Waals surface area contributed by atoms with Crippen LogP contribution in [-0.4, -0.2) is 68.4 Å². The van der Waals surface area contributed by atoms with E-state index in [1.165, 1.54) is 6.07 Å². The molecule has 0 amide bonds. The Morgan fingerprint density at radius 3 is 2.35 bits per heavy atom. The van der Waals surface area contributed by atoms with Crippen LogP contribution >= 0.6 is 0 Å². The molecule has 3 aliphatic carbocycles. The van der Waals surface area contributed by atoms with Crippen LogP contribution in [-0.2, 0) is 27.2 Å². The zero-order valence-corrected chi connectivity index (χ0v) is 22.4. The minimum absolute atomic E-state index is 0.0882. The summed E-state index contributed by atoms with van der Waals surface area (Å²) in [5, 5.41) is 44.7. The Hall–Kier alpha value is -2.97. The van der Waals surface area contributed by atoms with Crippen LogP contribution in [0.1, 0.15) is 63.6 Å². The van der Waals surface area contributed by atoms with Crippen LogP contribution in [0.15, 0.2) is 29.0 Å². The average Bonchev–Trinajstić information content (AvgIpc) is 2.76. The van der Waals surface area contributed by atoms with Gasteiger partial charge in [-0.15, -0.1) is 0 Å². The Labute approximate surface area is 217 Å². The molecule has 0 saturated heterocycles. The van der Waals surface area contributed by atoms with Crippen molar-refractivity contribution >= 4 is 23.1 Å². The van der Waals surface area contributed by atoms with Crippen molar-refractivity contribution < 1.29 is 34.8 Å². The van der Waals surface area contributed by atoms with Crippen molar-refractivity contribution in [1.29, 1.82) is 0 Å². The maximum absolute atomic E-state index is 13.9. The number of aliphatic hydroxyl groups is 3. The first-order chi connectivity index (χ1) is 17.1. The van der Waals surface area contributed by atoms with Gasteiger partial charge in [0.2, 0.25) is 5.78 Å². The molecule has 8 nitrogen and oxygen atoms in total. The molecule has 37 heavy (non-hydrogen) atoms. The van der Waals surface area contributed by atoms with Gasteiger partial charge in [-0.2, -0.15) is 0 Å². The molecule has 1 fully saturated rings. The summed E-state index contributed by atoms with van der Waals surface area (Å²) >= 11 is 0. The van der Waals surface area contributed by atoms with Gasteiger partial charge in [-0.25, -0.2) is 0 Å². The van der Waals surface area contributed by atoms with Crippen molar-refractivity contribution in [2.75, 3.05) is 14.1 Å². The first-order valence-corrected chi connectivity index (χ1v) is 12.8. The maximum Gasteiger partial charge on any atom is 0.202 e. The summed E-state index contributed by atoms with van der Waals surface area (Å²) in [6, 6.07) is 2.33. The minimum atomic E-state index is -2.54. The number of likely N-dealkylation sites (N-methyl/N-ethyl adjacent to an activating group) is 1. The summed E-state index contributed by atoms with van der Waals surface area (Å²) in [4.78, 5) is 41.0. The second-order valence-corrected chi connectivity index (χ2v) is 12.2. The number of benzene rings is 1. The fourth-order valence-electron chi connectivity index (χ4n) is 6.45. The minimum Gasteiger partial charge on any atom is -0.508 e. The highest BCUT2D eigenvalue weighted by atomic mass is 16.3. The number of rotatable bonds is 5. The van der Waals surface area contributed by atoms with Crippen LogP contribution in [0.5, 0.6) is 5.75 Å². The van der Waals surface area contributed by atoms with Gasteiger partial charge >= 0.3 is 0 Å². The number of fused-ring (bicyclic) bond motifs is 3. The lowest BCUT2D eigenvalue weighted by molar-refractivity contribution is -0.153. The number of phenolic OH excluding ortho intramolecular Hbond substituents is 1. The van der Waals surface area contributed by atoms with Crippen molar-refractivity contribution in [2.45, 2.75) is 71.4 Å². The summed E-state index contributed by atoms with van der Waals surface area (Å²) in [5.74, 6) is -5.42. The molecule has 0 aliphatic heterocycles. The average molecular weight is 512 g/mol. The van der Waals surface area contributed by atoms with E-state index in [-0.39, 0.29) is 28.7 Å². The number of hydrogen-bond donors (Lipinski definition) is 4. The second-order valence-electron chi connectivity index (χ2n) is 12.2. The summed E-state index contributed by atoms with van der Waals surface area (Å²) in [6.07, 6.45) is 3.10. The predicted molar refractivity (Wildman–Crippen MR) is 138 cm³/mol. The van der Waals surface area contributed by atoms with E-state index in [2.05, 4.69) is 20.8 Å². The molecule has 4 rings (SSSR count). The molecule has 4 N–H and O–H groups in total. The van der Waals surface area contributed by atoms with Crippen molar-refractivity contribution in [1.82, 2.24) is 4.90 Å². The zero-order chi connectivity index (χ0) is 27.6. The number of carbonyl (C=O) groups is 3. The third kappa shape index (κ3) is 4.20. The van der Waals surface area contributed by atoms with Crippen molar-refractivity contribution in [2.24, 2.45) is 17.3 Å². The van der Waals surface area contributed by atoms with Crippen LogP contribution in [0, 0.1) is 17.3 Å². The highest BCUT2D eigenvalue weighted by molar-refractivity contribution is 6.25. The number of ketones is 3. The van der Waals surface area contributed by atoms with E-state index < -0.39 is 57.9 Å². The molecule has 0 aromatic heterocycles. The van der Waals surface area contributed by atoms with Crippen LogP contribution in [0.3, 0.4) is 0 Å². The second kappa shape index (κ2) is 9.10. The number of aryl methyl sites for hydroxylation is 1. The molecule has 0 radical (unpaired) electrons. The number of carbonyl (C=O) groups excluding carboxylic acids is 3. The quantitative estimate of drug-likeness (QED) is 0.442. The molecule has 200 valence electrons. The fraction of sp³-hybridized carbons (Fsp3) is 0.552. The Balaban J connectivity index is 1.86. The standard InChI is InChI=1S/C29H37NO7/c1-14(31)20-25(34)23(30(5)6)18-13-16-12-17-15(8-7-11-28(2,3)4)9-10-19(32)22(17)24(33)21(16)27(36)29(18,37)26(20)35/h9-10,16,18,23,32-33,35,37H,7-8,11-13H2,1-6H3/t16-,18-,23?,29+/m0/s1. The predicted octanol–water partition coefficient (Wildman–Crippen LogP) is 3.44. The summed E-state index contributed by atoms with van der Waals surface area (Å²) in [5.41, 5.74) is -1.16. The van der Waals surface area contributed by atoms with Gasteiger partial charge in [0.25, 0.3) is 0 Å². The van der Waals surface area contributed by atoms with Gasteiger partial charge < -0.3 is 20.4 Å². The number of aromatic hydroxyl groups is 1. The van der Waals surface area contributed by atoms with Gasteiger partial charge in [0.1, 0.15) is 22.8 Å². The molecule has 1 saturated carbocycles. The van der Waals surface area contributed by atoms with E-state index in [9.17, 15) is 34.8 Å². The molecule has 1 aromatic carbocycles. The number of Topliss-reactive ketones (excluding diaryl/α,β-unsaturated/α-hetero) is 3. The molecule has 0 bridgehead atoms. The number of phenols is 1. The van der Waals surface area contributed by atoms with Crippen molar-refractivity contribution in [3.63, 3.8) is 0 Å². The Morgan fingerprint density at radius 1 is 1.14 bits per heavy atom. The normalized spacial score (nSPS) is 27.8. The van der Waals surface area contributed by atoms with Gasteiger partial charge in [0.15, 0.2) is 17.2 Å². The Bertz CT molecular complexity index is 1250. The van der Waals surface area contributed by atoms with Crippen molar-refractivity contribution in [3.05, 3.63) is 45.7 Å². The molecule has 1 aromatic rings. The van der Waals surface area contributed by atoms with E-state index in [0.29, 0.717) is 6.42 Å². The molecule has 0 heterocycles. The lowest BCUT2D eigenvalue weighted by atomic mass is 9.57. The molecule has 8 heteroatoms. The molecular weight excluding hydrogens is 474 g/mol. The molecule has 1 unspecified atom stereocenters. The fourth-order valence-corrected chi connectivity index (χ4v) is 6.45. The lowest BCUT2D eigenvalue weighted by Crippen LogP contribution is -2.65. The SMILES string of the molecule is CC(=O)C1=C(O)[C@@]2(O)C(=O)C3=C(O)c4c(O)ccc(CCCC(C)(C)C)c4C[C@H]3C[C@H]2C(N(C)C)C1=O. The summed E-state index contributed by atoms with van der Waals surface area (Å²) in [6.45, 7) is 7.61. The van der Waals surface area contributed by atoms with Crippen LogP contribution in [0.25, 0.3) is 5.76 Å². The number of hydrogen-bond acceptors (Lipinski definition) is 8. The van der Waals surface area contributed by atoms with E-state index in [1.807, 2.05) is 6.07 Å². The van der Waals surface area contributed by atoms with E-state index in [4.69, 9.17) is 0 Å². The van der Waals surface area contributed by atoms with Gasteiger partial charge in [0.05, 0.1) is 11.6 Å². The van der Waals surface area contributed by atoms with Crippen LogP contribution in [0.4, 0.5) is 0 Å².